The molecule has 0 bridgehead atoms. The van der Waals surface area contributed by atoms with Gasteiger partial charge >= 0.3 is 0 Å². The van der Waals surface area contributed by atoms with E-state index in [9.17, 15) is 13.2 Å². The summed E-state index contributed by atoms with van der Waals surface area (Å²) in [6.45, 7) is 5.11. The predicted molar refractivity (Wildman–Crippen MR) is 91.9 cm³/mol. The number of rotatable bonds is 6. The zero-order valence-electron chi connectivity index (χ0n) is 14.4. The maximum atomic E-state index is 12.7. The molecule has 1 saturated heterocycles. The molecule has 24 heavy (non-hydrogen) atoms. The van der Waals surface area contributed by atoms with Crippen LogP contribution in [-0.4, -0.2) is 71.0 Å². The smallest absolute Gasteiger partial charge is 0.253 e. The Morgan fingerprint density at radius 1 is 1.25 bits per heavy atom. The molecule has 8 heteroatoms. The third-order valence-corrected chi connectivity index (χ3v) is 5.51. The van der Waals surface area contributed by atoms with Gasteiger partial charge in [0.05, 0.1) is 7.11 Å². The molecule has 7 nitrogen and oxygen atoms in total. The first-order valence-corrected chi connectivity index (χ1v) is 9.53. The van der Waals surface area contributed by atoms with Crippen molar-refractivity contribution in [1.82, 2.24) is 14.5 Å². The quantitative estimate of drug-likeness (QED) is 0.815. The van der Waals surface area contributed by atoms with Gasteiger partial charge in [0.1, 0.15) is 10.6 Å². The number of piperazine rings is 1. The summed E-state index contributed by atoms with van der Waals surface area (Å²) in [5, 5.41) is 0. The molecule has 0 atom stereocenters. The number of likely N-dealkylation sites (N-methyl/N-ethyl adjacent to an activating group) is 1. The lowest BCUT2D eigenvalue weighted by molar-refractivity contribution is 0.0664. The molecule has 1 aliphatic heterocycles. The van der Waals surface area contributed by atoms with Crippen LogP contribution < -0.4 is 9.46 Å². The number of carbonyl (C=O) groups excluding carboxylic acids is 1. The Labute approximate surface area is 143 Å². The molecular weight excluding hydrogens is 330 g/mol. The van der Waals surface area contributed by atoms with E-state index in [0.29, 0.717) is 31.6 Å². The monoisotopic (exact) mass is 355 g/mol. The third kappa shape index (κ3) is 4.25. The van der Waals surface area contributed by atoms with Gasteiger partial charge in [-0.05, 0) is 31.7 Å². The lowest BCUT2D eigenvalue weighted by atomic mass is 10.1. The Hall–Kier alpha value is -1.64. The van der Waals surface area contributed by atoms with Crippen LogP contribution in [0, 0.1) is 0 Å². The second-order valence-electron chi connectivity index (χ2n) is 5.86. The van der Waals surface area contributed by atoms with E-state index in [1.165, 1.54) is 19.2 Å². The van der Waals surface area contributed by atoms with Crippen LogP contribution >= 0.6 is 0 Å². The summed E-state index contributed by atoms with van der Waals surface area (Å²) in [5.41, 5.74) is 0.359. The minimum absolute atomic E-state index is 0.00146. The van der Waals surface area contributed by atoms with E-state index < -0.39 is 10.0 Å². The average Bonchev–Trinajstić information content (AvgIpc) is 2.59. The summed E-state index contributed by atoms with van der Waals surface area (Å²) in [5.74, 6) is 0.0752. The zero-order chi connectivity index (χ0) is 17.7. The number of methoxy groups -OCH3 is 1. The number of carbonyl (C=O) groups is 1. The topological polar surface area (TPSA) is 79.0 Å². The van der Waals surface area contributed by atoms with Crippen molar-refractivity contribution < 1.29 is 17.9 Å². The summed E-state index contributed by atoms with van der Waals surface area (Å²) in [6.07, 6.45) is 0.682. The van der Waals surface area contributed by atoms with E-state index in [2.05, 4.69) is 9.62 Å². The molecule has 0 saturated carbocycles. The number of nitrogens with zero attached hydrogens (tertiary/aromatic N) is 2. The molecule has 1 amide bonds. The van der Waals surface area contributed by atoms with E-state index in [4.69, 9.17) is 4.74 Å². The van der Waals surface area contributed by atoms with Crippen molar-refractivity contribution in [2.75, 3.05) is 46.9 Å². The van der Waals surface area contributed by atoms with Gasteiger partial charge in [0.15, 0.2) is 0 Å². The first-order chi connectivity index (χ1) is 11.4. The SMILES string of the molecule is CCCNS(=O)(=O)c1cc(C(=O)N2CCN(C)CC2)ccc1OC. The fourth-order valence-electron chi connectivity index (χ4n) is 2.53. The van der Waals surface area contributed by atoms with E-state index in [-0.39, 0.29) is 16.6 Å². The number of ether oxygens (including phenoxy) is 1. The van der Waals surface area contributed by atoms with Crippen molar-refractivity contribution in [1.29, 1.82) is 0 Å². The molecule has 1 aromatic rings. The number of amides is 1. The fraction of sp³-hybridized carbons (Fsp3) is 0.562. The first kappa shape index (κ1) is 18.7. The summed E-state index contributed by atoms with van der Waals surface area (Å²) in [6, 6.07) is 4.54. The second kappa shape index (κ2) is 7.96. The zero-order valence-corrected chi connectivity index (χ0v) is 15.2. The summed E-state index contributed by atoms with van der Waals surface area (Å²) in [7, 11) is -0.289. The van der Waals surface area contributed by atoms with Crippen molar-refractivity contribution >= 4 is 15.9 Å². The highest BCUT2D eigenvalue weighted by molar-refractivity contribution is 7.89. The molecule has 1 aromatic carbocycles. The number of hydrogen-bond donors (Lipinski definition) is 1. The highest BCUT2D eigenvalue weighted by Crippen LogP contribution is 2.25. The van der Waals surface area contributed by atoms with Gasteiger partial charge in [-0.1, -0.05) is 6.92 Å². The standard InChI is InChI=1S/C16H25N3O4S/c1-4-7-17-24(21,22)15-12-13(5-6-14(15)23-3)16(20)19-10-8-18(2)9-11-19/h5-6,12,17H,4,7-11H2,1-3H3. The first-order valence-electron chi connectivity index (χ1n) is 8.04. The fourth-order valence-corrected chi connectivity index (χ4v) is 3.85. The Morgan fingerprint density at radius 3 is 2.50 bits per heavy atom. The largest absolute Gasteiger partial charge is 0.495 e. The molecule has 1 fully saturated rings. The number of hydrogen-bond acceptors (Lipinski definition) is 5. The van der Waals surface area contributed by atoms with Crippen LogP contribution in [-0.2, 0) is 10.0 Å². The Bertz CT molecular complexity index is 683. The van der Waals surface area contributed by atoms with Crippen molar-refractivity contribution in [3.05, 3.63) is 23.8 Å². The molecule has 1 N–H and O–H groups in total. The molecule has 0 radical (unpaired) electrons. The van der Waals surface area contributed by atoms with Gasteiger partial charge in [-0.3, -0.25) is 4.79 Å². The van der Waals surface area contributed by atoms with Crippen molar-refractivity contribution in [2.24, 2.45) is 0 Å². The maximum absolute atomic E-state index is 12.7. The van der Waals surface area contributed by atoms with E-state index in [1.807, 2.05) is 14.0 Å². The normalized spacial score (nSPS) is 16.2. The van der Waals surface area contributed by atoms with Crippen LogP contribution in [0.15, 0.2) is 23.1 Å². The molecule has 0 aliphatic carbocycles. The van der Waals surface area contributed by atoms with E-state index in [0.717, 1.165) is 13.1 Å². The van der Waals surface area contributed by atoms with Crippen molar-refractivity contribution in [2.45, 2.75) is 18.2 Å². The van der Waals surface area contributed by atoms with Gasteiger partial charge < -0.3 is 14.5 Å². The maximum Gasteiger partial charge on any atom is 0.253 e. The van der Waals surface area contributed by atoms with Crippen LogP contribution in [0.2, 0.25) is 0 Å². The minimum atomic E-state index is -3.71. The lowest BCUT2D eigenvalue weighted by Gasteiger charge is -2.32. The Morgan fingerprint density at radius 2 is 1.92 bits per heavy atom. The molecule has 1 aliphatic rings. The van der Waals surface area contributed by atoms with Crippen molar-refractivity contribution in [3.8, 4) is 5.75 Å². The van der Waals surface area contributed by atoms with Crippen LogP contribution in [0.25, 0.3) is 0 Å². The molecule has 134 valence electrons. The van der Waals surface area contributed by atoms with Crippen LogP contribution in [0.4, 0.5) is 0 Å². The van der Waals surface area contributed by atoms with Crippen LogP contribution in [0.3, 0.4) is 0 Å². The second-order valence-corrected chi connectivity index (χ2v) is 7.59. The van der Waals surface area contributed by atoms with E-state index >= 15 is 0 Å². The van der Waals surface area contributed by atoms with Gasteiger partial charge in [-0.15, -0.1) is 0 Å². The Kier molecular flexibility index (Phi) is 6.20. The summed E-state index contributed by atoms with van der Waals surface area (Å²) >= 11 is 0. The molecule has 0 unspecified atom stereocenters. The minimum Gasteiger partial charge on any atom is -0.495 e. The summed E-state index contributed by atoms with van der Waals surface area (Å²) in [4.78, 5) is 16.6. The Balaban J connectivity index is 2.29. The van der Waals surface area contributed by atoms with Crippen LogP contribution in [0.5, 0.6) is 5.75 Å². The van der Waals surface area contributed by atoms with Gasteiger partial charge in [0, 0.05) is 38.3 Å². The van der Waals surface area contributed by atoms with Gasteiger partial charge in [-0.2, -0.15) is 0 Å². The third-order valence-electron chi connectivity index (χ3n) is 4.03. The van der Waals surface area contributed by atoms with Gasteiger partial charge in [0.2, 0.25) is 10.0 Å². The van der Waals surface area contributed by atoms with E-state index in [1.54, 1.807) is 11.0 Å². The lowest BCUT2D eigenvalue weighted by Crippen LogP contribution is -2.47. The van der Waals surface area contributed by atoms with Crippen molar-refractivity contribution in [3.63, 3.8) is 0 Å². The van der Waals surface area contributed by atoms with Gasteiger partial charge in [0.25, 0.3) is 5.91 Å². The molecule has 1 heterocycles. The molecule has 0 aromatic heterocycles. The van der Waals surface area contributed by atoms with Gasteiger partial charge in [-0.25, -0.2) is 13.1 Å². The number of sulfonamides is 1. The molecule has 2 rings (SSSR count). The number of nitrogens with one attached hydrogen (secondary N) is 1. The number of benzene rings is 1. The highest BCUT2D eigenvalue weighted by atomic mass is 32.2. The molecule has 0 spiro atoms. The average molecular weight is 355 g/mol. The predicted octanol–water partition coefficient (Wildman–Crippen LogP) is 0.771. The van der Waals surface area contributed by atoms with Crippen LogP contribution in [0.1, 0.15) is 23.7 Å². The summed E-state index contributed by atoms with van der Waals surface area (Å²) < 4.78 is 32.6. The molecular formula is C16H25N3O4S. The highest BCUT2D eigenvalue weighted by Gasteiger charge is 2.24.